The second kappa shape index (κ2) is 9.74. The molecule has 32 heavy (non-hydrogen) atoms. The van der Waals surface area contributed by atoms with Gasteiger partial charge in [0, 0.05) is 32.4 Å². The number of aromatic nitrogens is 1. The first-order valence-corrected chi connectivity index (χ1v) is 10.3. The molecule has 3 amide bonds. The lowest BCUT2D eigenvalue weighted by Gasteiger charge is -2.37. The average Bonchev–Trinajstić information content (AvgIpc) is 2.69. The lowest BCUT2D eigenvalue weighted by Crippen LogP contribution is -2.57. The summed E-state index contributed by atoms with van der Waals surface area (Å²) in [5, 5.41) is 2.61. The Morgan fingerprint density at radius 1 is 1.03 bits per heavy atom. The quantitative estimate of drug-likeness (QED) is 0.749. The molecule has 1 atom stereocenters. The molecule has 1 N–H and O–H groups in total. The highest BCUT2D eigenvalue weighted by Gasteiger charge is 2.34. The molecule has 0 radical (unpaired) electrons. The molecule has 1 aromatic heterocycles. The first-order valence-electron chi connectivity index (χ1n) is 10.3. The van der Waals surface area contributed by atoms with Crippen LogP contribution in [0.3, 0.4) is 0 Å². The highest BCUT2D eigenvalue weighted by molar-refractivity contribution is 5.94. The summed E-state index contributed by atoms with van der Waals surface area (Å²) in [5.74, 6) is -0.923. The molecule has 1 aliphatic rings. The number of alkyl halides is 3. The lowest BCUT2D eigenvalue weighted by molar-refractivity contribution is -0.141. The normalized spacial score (nSPS) is 16.0. The zero-order valence-electron chi connectivity index (χ0n) is 18.8. The van der Waals surface area contributed by atoms with Gasteiger partial charge in [-0.1, -0.05) is 13.8 Å². The molecule has 1 aromatic rings. The third kappa shape index (κ3) is 6.83. The second-order valence-electron chi connectivity index (χ2n) is 8.92. The van der Waals surface area contributed by atoms with Gasteiger partial charge in [0.2, 0.25) is 5.91 Å². The molecule has 0 spiro atoms. The van der Waals surface area contributed by atoms with Gasteiger partial charge in [-0.3, -0.25) is 14.6 Å². The third-order valence-corrected chi connectivity index (χ3v) is 4.78. The minimum Gasteiger partial charge on any atom is -0.444 e. The molecule has 1 aliphatic heterocycles. The lowest BCUT2D eigenvalue weighted by atomic mass is 10.0. The summed E-state index contributed by atoms with van der Waals surface area (Å²) < 4.78 is 43.2. The molecule has 0 bridgehead atoms. The van der Waals surface area contributed by atoms with Crippen LogP contribution in [-0.2, 0) is 15.7 Å². The number of rotatable bonds is 4. The number of hydrogen-bond donors (Lipinski definition) is 1. The number of amides is 3. The highest BCUT2D eigenvalue weighted by Crippen LogP contribution is 2.27. The fraction of sp³-hybridized carbons (Fsp3) is 0.619. The zero-order valence-corrected chi connectivity index (χ0v) is 18.8. The first-order chi connectivity index (χ1) is 14.7. The first kappa shape index (κ1) is 25.4. The zero-order chi connectivity index (χ0) is 24.3. The van der Waals surface area contributed by atoms with E-state index in [1.54, 1.807) is 39.5 Å². The maximum absolute atomic E-state index is 13.0. The Morgan fingerprint density at radius 3 is 2.03 bits per heavy atom. The Labute approximate surface area is 185 Å². The molecule has 0 saturated carbocycles. The van der Waals surface area contributed by atoms with E-state index in [-0.39, 0.29) is 43.6 Å². The molecule has 2 heterocycles. The van der Waals surface area contributed by atoms with Gasteiger partial charge in [-0.05, 0) is 38.8 Å². The van der Waals surface area contributed by atoms with Crippen LogP contribution >= 0.6 is 0 Å². The number of pyridine rings is 1. The van der Waals surface area contributed by atoms with Gasteiger partial charge in [0.05, 0.1) is 5.56 Å². The van der Waals surface area contributed by atoms with Gasteiger partial charge in [-0.15, -0.1) is 0 Å². The maximum Gasteiger partial charge on any atom is 0.433 e. The minimum atomic E-state index is -4.58. The van der Waals surface area contributed by atoms with Crippen LogP contribution in [0.5, 0.6) is 0 Å². The summed E-state index contributed by atoms with van der Waals surface area (Å²) in [6, 6.07) is 1.07. The number of carbonyl (C=O) groups is 3. The van der Waals surface area contributed by atoms with Crippen LogP contribution in [0.1, 0.15) is 50.7 Å². The predicted octanol–water partition coefficient (Wildman–Crippen LogP) is 2.93. The van der Waals surface area contributed by atoms with Crippen molar-refractivity contribution in [2.24, 2.45) is 5.92 Å². The molecule has 1 saturated heterocycles. The molecule has 11 heteroatoms. The summed E-state index contributed by atoms with van der Waals surface area (Å²) in [6.07, 6.45) is -4.36. The van der Waals surface area contributed by atoms with Crippen LogP contribution in [0.4, 0.5) is 18.0 Å². The van der Waals surface area contributed by atoms with Crippen molar-refractivity contribution >= 4 is 17.9 Å². The predicted molar refractivity (Wildman–Crippen MR) is 110 cm³/mol. The maximum atomic E-state index is 13.0. The van der Waals surface area contributed by atoms with Crippen LogP contribution in [0, 0.1) is 5.92 Å². The van der Waals surface area contributed by atoms with Crippen molar-refractivity contribution in [2.45, 2.75) is 52.4 Å². The van der Waals surface area contributed by atoms with E-state index in [2.05, 4.69) is 10.3 Å². The van der Waals surface area contributed by atoms with Crippen molar-refractivity contribution in [1.82, 2.24) is 20.1 Å². The van der Waals surface area contributed by atoms with Gasteiger partial charge < -0.3 is 19.9 Å². The van der Waals surface area contributed by atoms with Crippen molar-refractivity contribution in [3.63, 3.8) is 0 Å². The number of piperazine rings is 1. The number of alkyl carbamates (subject to hydrolysis) is 1. The molecule has 0 unspecified atom stereocenters. The smallest absolute Gasteiger partial charge is 0.433 e. The van der Waals surface area contributed by atoms with Gasteiger partial charge >= 0.3 is 12.3 Å². The van der Waals surface area contributed by atoms with E-state index in [1.165, 1.54) is 4.90 Å². The van der Waals surface area contributed by atoms with Crippen LogP contribution in [0.15, 0.2) is 18.3 Å². The van der Waals surface area contributed by atoms with E-state index in [0.717, 1.165) is 18.3 Å². The molecule has 8 nitrogen and oxygen atoms in total. The summed E-state index contributed by atoms with van der Waals surface area (Å²) in [5.41, 5.74) is -1.72. The van der Waals surface area contributed by atoms with Crippen molar-refractivity contribution in [3.05, 3.63) is 29.6 Å². The van der Waals surface area contributed by atoms with Gasteiger partial charge in [0.15, 0.2) is 0 Å². The Balaban J connectivity index is 1.97. The summed E-state index contributed by atoms with van der Waals surface area (Å²) in [4.78, 5) is 44.0. The third-order valence-electron chi connectivity index (χ3n) is 4.78. The van der Waals surface area contributed by atoms with E-state index in [0.29, 0.717) is 0 Å². The van der Waals surface area contributed by atoms with Crippen molar-refractivity contribution < 1.29 is 32.3 Å². The molecule has 0 aliphatic carbocycles. The largest absolute Gasteiger partial charge is 0.444 e. The van der Waals surface area contributed by atoms with Crippen LogP contribution < -0.4 is 5.32 Å². The highest BCUT2D eigenvalue weighted by atomic mass is 19.4. The van der Waals surface area contributed by atoms with Gasteiger partial charge in [0.25, 0.3) is 5.91 Å². The van der Waals surface area contributed by atoms with E-state index in [4.69, 9.17) is 4.74 Å². The van der Waals surface area contributed by atoms with Crippen molar-refractivity contribution in [1.29, 1.82) is 0 Å². The van der Waals surface area contributed by atoms with Crippen LogP contribution in [-0.4, -0.2) is 70.5 Å². The Morgan fingerprint density at radius 2 is 1.59 bits per heavy atom. The molecule has 2 rings (SSSR count). The van der Waals surface area contributed by atoms with Crippen molar-refractivity contribution in [2.75, 3.05) is 26.2 Å². The van der Waals surface area contributed by atoms with Crippen LogP contribution in [0.25, 0.3) is 0 Å². The van der Waals surface area contributed by atoms with E-state index in [1.807, 2.05) is 0 Å². The monoisotopic (exact) mass is 458 g/mol. The summed E-state index contributed by atoms with van der Waals surface area (Å²) in [6.45, 7) is 9.67. The standard InChI is InChI=1S/C21H29F3N4O4/c1-13(2)16(26-19(31)32-20(3,4)5)18(30)28-10-8-27(9-11-28)17(29)14-6-7-15(25-12-14)21(22,23)24/h6-7,12-13,16H,8-11H2,1-5H3,(H,26,31)/t16-/m0/s1. The fourth-order valence-electron chi connectivity index (χ4n) is 3.15. The number of nitrogens with zero attached hydrogens (tertiary/aromatic N) is 3. The molecule has 0 aromatic carbocycles. The van der Waals surface area contributed by atoms with Gasteiger partial charge in [-0.2, -0.15) is 13.2 Å². The number of ether oxygens (including phenoxy) is 1. The SMILES string of the molecule is CC(C)[C@H](NC(=O)OC(C)(C)C)C(=O)N1CCN(C(=O)c2ccc(C(F)(F)F)nc2)CC1. The molecular formula is C21H29F3N4O4. The Bertz CT molecular complexity index is 827. The Hall–Kier alpha value is -2.85. The number of carbonyl (C=O) groups excluding carboxylic acids is 3. The number of halogens is 3. The fourth-order valence-corrected chi connectivity index (χ4v) is 3.15. The van der Waals surface area contributed by atoms with Gasteiger partial charge in [-0.25, -0.2) is 4.79 Å². The summed E-state index contributed by atoms with van der Waals surface area (Å²) in [7, 11) is 0. The Kier molecular flexibility index (Phi) is 7.74. The van der Waals surface area contributed by atoms with E-state index < -0.39 is 35.5 Å². The van der Waals surface area contributed by atoms with Crippen LogP contribution in [0.2, 0.25) is 0 Å². The summed E-state index contributed by atoms with van der Waals surface area (Å²) >= 11 is 0. The average molecular weight is 458 g/mol. The van der Waals surface area contributed by atoms with Gasteiger partial charge in [0.1, 0.15) is 17.3 Å². The molecule has 178 valence electrons. The number of hydrogen-bond acceptors (Lipinski definition) is 5. The number of nitrogens with one attached hydrogen (secondary N) is 1. The molecule has 1 fully saturated rings. The topological polar surface area (TPSA) is 91.8 Å². The molecular weight excluding hydrogens is 429 g/mol. The van der Waals surface area contributed by atoms with E-state index in [9.17, 15) is 27.6 Å². The van der Waals surface area contributed by atoms with E-state index >= 15 is 0 Å². The van der Waals surface area contributed by atoms with Crippen molar-refractivity contribution in [3.8, 4) is 0 Å². The second-order valence-corrected chi connectivity index (χ2v) is 8.92. The minimum absolute atomic E-state index is 0.0458.